The van der Waals surface area contributed by atoms with E-state index in [2.05, 4.69) is 5.32 Å². The molecule has 0 aromatic heterocycles. The van der Waals surface area contributed by atoms with Crippen LogP contribution in [0.25, 0.3) is 0 Å². The molecule has 0 heterocycles. The Morgan fingerprint density at radius 1 is 1.32 bits per heavy atom. The molecule has 108 valence electrons. The molecule has 0 saturated heterocycles. The monoisotopic (exact) mass is 287 g/mol. The van der Waals surface area contributed by atoms with E-state index < -0.39 is 5.82 Å². The minimum Gasteiger partial charge on any atom is -0.313 e. The van der Waals surface area contributed by atoms with Crippen LogP contribution in [-0.4, -0.2) is 18.4 Å². The van der Waals surface area contributed by atoms with E-state index in [0.717, 1.165) is 0 Å². The second-order valence-electron chi connectivity index (χ2n) is 4.43. The maximum atomic E-state index is 13.2. The Bertz CT molecular complexity index is 387. The van der Waals surface area contributed by atoms with Gasteiger partial charge in [-0.1, -0.05) is 39.3 Å². The van der Waals surface area contributed by atoms with Crippen LogP contribution in [0.3, 0.4) is 0 Å². The molecule has 0 aliphatic rings. The first-order valence-electron chi connectivity index (χ1n) is 6.60. The van der Waals surface area contributed by atoms with Crippen LogP contribution in [0.1, 0.15) is 46.1 Å². The summed E-state index contributed by atoms with van der Waals surface area (Å²) in [5.41, 5.74) is 0.621. The van der Waals surface area contributed by atoms with E-state index >= 15 is 0 Å². The lowest BCUT2D eigenvalue weighted by Crippen LogP contribution is -2.30. The number of benzene rings is 1. The number of ketones is 1. The molecule has 4 heteroatoms. The van der Waals surface area contributed by atoms with Crippen molar-refractivity contribution in [3.63, 3.8) is 0 Å². The van der Waals surface area contributed by atoms with Gasteiger partial charge in [-0.2, -0.15) is 0 Å². The van der Waals surface area contributed by atoms with Gasteiger partial charge in [0.05, 0.1) is 5.92 Å². The second-order valence-corrected chi connectivity index (χ2v) is 4.87. The summed E-state index contributed by atoms with van der Waals surface area (Å²) in [6.07, 6.45) is 0. The van der Waals surface area contributed by atoms with Gasteiger partial charge in [0.15, 0.2) is 0 Å². The third-order valence-electron chi connectivity index (χ3n) is 2.51. The van der Waals surface area contributed by atoms with E-state index in [1.807, 2.05) is 27.7 Å². The van der Waals surface area contributed by atoms with Crippen molar-refractivity contribution in [2.75, 3.05) is 6.54 Å². The summed E-state index contributed by atoms with van der Waals surface area (Å²) in [7, 11) is 0. The van der Waals surface area contributed by atoms with Gasteiger partial charge in [0.1, 0.15) is 11.6 Å². The summed E-state index contributed by atoms with van der Waals surface area (Å²) in [4.78, 5) is 11.6. The van der Waals surface area contributed by atoms with E-state index in [4.69, 9.17) is 11.6 Å². The number of hydrogen-bond acceptors (Lipinski definition) is 2. The molecule has 1 aromatic carbocycles. The topological polar surface area (TPSA) is 29.1 Å². The molecule has 1 aromatic rings. The molecule has 1 N–H and O–H groups in total. The fraction of sp³-hybridized carbons (Fsp3) is 0.533. The highest BCUT2D eigenvalue weighted by Gasteiger charge is 2.18. The Kier molecular flexibility index (Phi) is 8.61. The van der Waals surface area contributed by atoms with Crippen LogP contribution < -0.4 is 5.32 Å². The van der Waals surface area contributed by atoms with Gasteiger partial charge in [-0.05, 0) is 30.7 Å². The Morgan fingerprint density at radius 3 is 2.32 bits per heavy atom. The number of halogens is 2. The van der Waals surface area contributed by atoms with Crippen molar-refractivity contribution in [3.05, 3.63) is 34.6 Å². The molecule has 0 saturated carbocycles. The smallest absolute Gasteiger partial charge is 0.138 e. The van der Waals surface area contributed by atoms with Crippen LogP contribution in [0.5, 0.6) is 0 Å². The average molecular weight is 288 g/mol. The van der Waals surface area contributed by atoms with Gasteiger partial charge in [0.25, 0.3) is 0 Å². The lowest BCUT2D eigenvalue weighted by atomic mass is 9.95. The molecule has 0 amide bonds. The zero-order chi connectivity index (χ0) is 15.0. The molecular weight excluding hydrogens is 265 g/mol. The number of hydrogen-bond donors (Lipinski definition) is 1. The molecule has 19 heavy (non-hydrogen) atoms. The van der Waals surface area contributed by atoms with Crippen molar-refractivity contribution >= 4 is 17.4 Å². The summed E-state index contributed by atoms with van der Waals surface area (Å²) >= 11 is 5.79. The highest BCUT2D eigenvalue weighted by molar-refractivity contribution is 6.30. The summed E-state index contributed by atoms with van der Waals surface area (Å²) in [5, 5.41) is 3.49. The van der Waals surface area contributed by atoms with E-state index in [0.29, 0.717) is 17.1 Å². The van der Waals surface area contributed by atoms with Crippen molar-refractivity contribution in [3.8, 4) is 0 Å². The average Bonchev–Trinajstić information content (AvgIpc) is 2.29. The standard InChI is InChI=1S/C13H17ClFNO.C2H6/c1-8(2)16-7-13(9(3)17)10-4-11(14)6-12(15)5-10;1-2/h4-6,8,13,16H,7H2,1-3H3;1-2H3. The summed E-state index contributed by atoms with van der Waals surface area (Å²) < 4.78 is 13.2. The van der Waals surface area contributed by atoms with E-state index in [-0.39, 0.29) is 17.7 Å². The summed E-state index contributed by atoms with van der Waals surface area (Å²) in [5.74, 6) is -0.770. The Balaban J connectivity index is 0.00000154. The van der Waals surface area contributed by atoms with Crippen molar-refractivity contribution in [1.82, 2.24) is 5.32 Å². The maximum absolute atomic E-state index is 13.2. The Morgan fingerprint density at radius 2 is 1.89 bits per heavy atom. The molecule has 0 fully saturated rings. The molecule has 2 nitrogen and oxygen atoms in total. The van der Waals surface area contributed by atoms with Gasteiger partial charge in [-0.3, -0.25) is 4.79 Å². The molecule has 0 radical (unpaired) electrons. The van der Waals surface area contributed by atoms with E-state index in [1.165, 1.54) is 19.1 Å². The molecule has 0 bridgehead atoms. The normalized spacial score (nSPS) is 11.8. The van der Waals surface area contributed by atoms with Gasteiger partial charge in [-0.25, -0.2) is 4.39 Å². The first-order chi connectivity index (χ1) is 8.90. The minimum atomic E-state index is -0.414. The third kappa shape index (κ3) is 6.69. The number of nitrogens with one attached hydrogen (secondary N) is 1. The van der Waals surface area contributed by atoms with Crippen LogP contribution in [0.15, 0.2) is 18.2 Å². The number of Topliss-reactive ketones (excluding diaryl/α,β-unsaturated/α-hetero) is 1. The maximum Gasteiger partial charge on any atom is 0.138 e. The van der Waals surface area contributed by atoms with Crippen LogP contribution in [-0.2, 0) is 4.79 Å². The molecule has 0 spiro atoms. The quantitative estimate of drug-likeness (QED) is 0.880. The van der Waals surface area contributed by atoms with E-state index in [1.54, 1.807) is 6.07 Å². The first-order valence-corrected chi connectivity index (χ1v) is 6.97. The first kappa shape index (κ1) is 18.1. The number of carbonyl (C=O) groups excluding carboxylic acids is 1. The lowest BCUT2D eigenvalue weighted by Gasteiger charge is -2.17. The van der Waals surface area contributed by atoms with Crippen molar-refractivity contribution in [1.29, 1.82) is 0 Å². The molecule has 1 rings (SSSR count). The minimum absolute atomic E-state index is 0.000170. The van der Waals surface area contributed by atoms with Gasteiger partial charge in [-0.15, -0.1) is 0 Å². The van der Waals surface area contributed by atoms with Gasteiger partial charge >= 0.3 is 0 Å². The zero-order valence-electron chi connectivity index (χ0n) is 12.3. The predicted octanol–water partition coefficient (Wildman–Crippen LogP) is 4.18. The summed E-state index contributed by atoms with van der Waals surface area (Å²) in [6, 6.07) is 4.51. The van der Waals surface area contributed by atoms with E-state index in [9.17, 15) is 9.18 Å². The molecule has 0 aliphatic heterocycles. The molecular formula is C15H23ClFNO. The highest BCUT2D eigenvalue weighted by atomic mass is 35.5. The fourth-order valence-corrected chi connectivity index (χ4v) is 1.86. The highest BCUT2D eigenvalue weighted by Crippen LogP contribution is 2.22. The van der Waals surface area contributed by atoms with Crippen molar-refractivity contribution in [2.45, 2.75) is 46.6 Å². The van der Waals surface area contributed by atoms with Crippen molar-refractivity contribution in [2.24, 2.45) is 0 Å². The fourth-order valence-electron chi connectivity index (χ4n) is 1.63. The molecule has 1 atom stereocenters. The SMILES string of the molecule is CC.CC(=O)C(CNC(C)C)c1cc(F)cc(Cl)c1. The van der Waals surface area contributed by atoms with Crippen LogP contribution in [0, 0.1) is 5.82 Å². The molecule has 0 aliphatic carbocycles. The third-order valence-corrected chi connectivity index (χ3v) is 2.73. The Hall–Kier alpha value is -0.930. The van der Waals surface area contributed by atoms with Crippen LogP contribution in [0.2, 0.25) is 5.02 Å². The van der Waals surface area contributed by atoms with Crippen LogP contribution >= 0.6 is 11.6 Å². The largest absolute Gasteiger partial charge is 0.313 e. The number of carbonyl (C=O) groups is 1. The van der Waals surface area contributed by atoms with Gasteiger partial charge in [0, 0.05) is 17.6 Å². The zero-order valence-corrected chi connectivity index (χ0v) is 13.0. The predicted molar refractivity (Wildman–Crippen MR) is 79.3 cm³/mol. The van der Waals surface area contributed by atoms with Gasteiger partial charge in [0.2, 0.25) is 0 Å². The lowest BCUT2D eigenvalue weighted by molar-refractivity contribution is -0.118. The Labute approximate surface area is 120 Å². The van der Waals surface area contributed by atoms with Gasteiger partial charge < -0.3 is 5.32 Å². The van der Waals surface area contributed by atoms with Crippen molar-refractivity contribution < 1.29 is 9.18 Å². The molecule has 1 unspecified atom stereocenters. The summed E-state index contributed by atoms with van der Waals surface area (Å²) in [6.45, 7) is 9.99. The number of rotatable bonds is 5. The second kappa shape index (κ2) is 9.05. The van der Waals surface area contributed by atoms with Crippen LogP contribution in [0.4, 0.5) is 4.39 Å².